The molecule has 31 heavy (non-hydrogen) atoms. The van der Waals surface area contributed by atoms with Gasteiger partial charge in [-0.25, -0.2) is 8.42 Å². The van der Waals surface area contributed by atoms with E-state index in [1.807, 2.05) is 6.92 Å². The predicted octanol–water partition coefficient (Wildman–Crippen LogP) is 2.03. The second kappa shape index (κ2) is 8.54. The lowest BCUT2D eigenvalue weighted by molar-refractivity contribution is -0.142. The van der Waals surface area contributed by atoms with E-state index in [0.29, 0.717) is 12.2 Å². The van der Waals surface area contributed by atoms with E-state index >= 15 is 0 Å². The lowest BCUT2D eigenvalue weighted by Crippen LogP contribution is -2.51. The van der Waals surface area contributed by atoms with Gasteiger partial charge in [-0.2, -0.15) is 27.7 Å². The van der Waals surface area contributed by atoms with Gasteiger partial charge in [0.1, 0.15) is 11.4 Å². The molecule has 0 bridgehead atoms. The molecule has 0 atom stereocenters. The number of aryl methyl sites for hydroxylation is 2. The summed E-state index contributed by atoms with van der Waals surface area (Å²) in [6.07, 6.45) is -3.15. The van der Waals surface area contributed by atoms with E-state index < -0.39 is 27.8 Å². The van der Waals surface area contributed by atoms with E-state index in [-0.39, 0.29) is 47.8 Å². The minimum atomic E-state index is -4.64. The first-order valence-electron chi connectivity index (χ1n) is 9.48. The Morgan fingerprint density at radius 1 is 1.16 bits per heavy atom. The van der Waals surface area contributed by atoms with Crippen LogP contribution in [0.1, 0.15) is 24.0 Å². The number of nitrogens with zero attached hydrogens (tertiary/aromatic N) is 6. The van der Waals surface area contributed by atoms with Gasteiger partial charge in [-0.1, -0.05) is 0 Å². The number of rotatable bonds is 5. The molecule has 0 aliphatic carbocycles. The molecule has 1 saturated heterocycles. The third-order valence-electron chi connectivity index (χ3n) is 5.12. The summed E-state index contributed by atoms with van der Waals surface area (Å²) in [4.78, 5) is 14.2. The fraction of sp³-hybridized carbons (Fsp3) is 0.588. The molecule has 2 aromatic rings. The summed E-state index contributed by atoms with van der Waals surface area (Å²) < 4.78 is 68.5. The molecule has 3 rings (SSSR count). The van der Waals surface area contributed by atoms with Crippen molar-refractivity contribution in [2.24, 2.45) is 0 Å². The quantitative estimate of drug-likeness (QED) is 0.594. The van der Waals surface area contributed by atoms with Crippen LogP contribution in [0, 0.1) is 13.8 Å². The van der Waals surface area contributed by atoms with Crippen LogP contribution in [0.4, 0.5) is 13.2 Å². The van der Waals surface area contributed by atoms with E-state index in [2.05, 4.69) is 26.1 Å². The maximum absolute atomic E-state index is 13.0. The number of halogens is 4. The first kappa shape index (κ1) is 23.7. The van der Waals surface area contributed by atoms with Crippen molar-refractivity contribution < 1.29 is 26.4 Å². The molecule has 0 aromatic carbocycles. The molecule has 0 N–H and O–H groups in total. The molecule has 1 aliphatic rings. The molecule has 172 valence electrons. The molecule has 2 aromatic heterocycles. The maximum atomic E-state index is 13.0. The summed E-state index contributed by atoms with van der Waals surface area (Å²) in [6, 6.07) is 0. The Labute approximate surface area is 186 Å². The number of amides is 1. The number of alkyl halides is 3. The van der Waals surface area contributed by atoms with Gasteiger partial charge in [0.25, 0.3) is 0 Å². The van der Waals surface area contributed by atoms with Crippen molar-refractivity contribution >= 4 is 31.9 Å². The molecule has 1 amide bonds. The average Bonchev–Trinajstić information content (AvgIpc) is 3.23. The van der Waals surface area contributed by atoms with E-state index in [0.717, 1.165) is 4.68 Å². The van der Waals surface area contributed by atoms with Crippen LogP contribution < -0.4 is 0 Å². The third-order valence-corrected chi connectivity index (χ3v) is 8.07. The van der Waals surface area contributed by atoms with Crippen LogP contribution in [0.15, 0.2) is 15.6 Å². The summed E-state index contributed by atoms with van der Waals surface area (Å²) in [5.74, 6) is -0.432. The Morgan fingerprint density at radius 3 is 2.26 bits per heavy atom. The molecule has 0 unspecified atom stereocenters. The van der Waals surface area contributed by atoms with Crippen molar-refractivity contribution in [3.8, 4) is 0 Å². The van der Waals surface area contributed by atoms with E-state index in [9.17, 15) is 26.4 Å². The van der Waals surface area contributed by atoms with Crippen molar-refractivity contribution in [1.29, 1.82) is 0 Å². The monoisotopic (exact) mass is 526 g/mol. The fourth-order valence-electron chi connectivity index (χ4n) is 3.32. The van der Waals surface area contributed by atoms with Crippen molar-refractivity contribution in [3.63, 3.8) is 0 Å². The van der Waals surface area contributed by atoms with Gasteiger partial charge in [-0.15, -0.1) is 0 Å². The standard InChI is InChI=1S/C17H22BrF3N6O3S/c1-4-25-9-13(11(2)22-25)31(29,30)26-7-5-24(6-8-26)14(28)10-27-12(3)15(18)16(23-27)17(19,20)21/h9H,4-8,10H2,1-3H3. The molecular weight excluding hydrogens is 505 g/mol. The first-order chi connectivity index (χ1) is 14.4. The zero-order chi connectivity index (χ0) is 23.1. The van der Waals surface area contributed by atoms with Gasteiger partial charge in [0.05, 0.1) is 15.9 Å². The highest BCUT2D eigenvalue weighted by atomic mass is 79.9. The van der Waals surface area contributed by atoms with Crippen molar-refractivity contribution in [1.82, 2.24) is 28.8 Å². The molecule has 3 heterocycles. The molecule has 0 radical (unpaired) electrons. The predicted molar refractivity (Wildman–Crippen MR) is 108 cm³/mol. The van der Waals surface area contributed by atoms with Crippen LogP contribution in [-0.4, -0.2) is 69.3 Å². The molecule has 14 heteroatoms. The minimum Gasteiger partial charge on any atom is -0.338 e. The Bertz CT molecular complexity index is 1090. The molecular formula is C17H22BrF3N6O3S. The number of hydrogen-bond donors (Lipinski definition) is 0. The fourth-order valence-corrected chi connectivity index (χ4v) is 5.42. The van der Waals surface area contributed by atoms with Gasteiger partial charge in [0, 0.05) is 38.9 Å². The summed E-state index contributed by atoms with van der Waals surface area (Å²) in [5.41, 5.74) is -0.498. The average molecular weight is 527 g/mol. The number of carbonyl (C=O) groups is 1. The van der Waals surface area contributed by atoms with E-state index in [1.165, 1.54) is 22.3 Å². The Hall–Kier alpha value is -1.93. The third kappa shape index (κ3) is 4.65. The van der Waals surface area contributed by atoms with Gasteiger partial charge in [0.15, 0.2) is 5.69 Å². The molecule has 9 nitrogen and oxygen atoms in total. The topological polar surface area (TPSA) is 93.3 Å². The summed E-state index contributed by atoms with van der Waals surface area (Å²) in [5, 5.41) is 7.68. The molecule has 1 fully saturated rings. The molecule has 0 spiro atoms. The van der Waals surface area contributed by atoms with Crippen LogP contribution in [0.5, 0.6) is 0 Å². The lowest BCUT2D eigenvalue weighted by Gasteiger charge is -2.34. The summed E-state index contributed by atoms with van der Waals surface area (Å²) in [6.45, 7) is 5.51. The van der Waals surface area contributed by atoms with Gasteiger partial charge in [0.2, 0.25) is 15.9 Å². The maximum Gasteiger partial charge on any atom is 0.436 e. The van der Waals surface area contributed by atoms with Crippen LogP contribution in [0.3, 0.4) is 0 Å². The van der Waals surface area contributed by atoms with E-state index in [1.54, 1.807) is 11.6 Å². The van der Waals surface area contributed by atoms with Gasteiger partial charge in [-0.3, -0.25) is 14.2 Å². The lowest BCUT2D eigenvalue weighted by atomic mass is 10.3. The van der Waals surface area contributed by atoms with Gasteiger partial charge < -0.3 is 4.90 Å². The molecule has 1 aliphatic heterocycles. The highest BCUT2D eigenvalue weighted by molar-refractivity contribution is 9.10. The Balaban J connectivity index is 1.67. The number of aromatic nitrogens is 4. The minimum absolute atomic E-state index is 0.0837. The highest BCUT2D eigenvalue weighted by Crippen LogP contribution is 2.35. The SMILES string of the molecule is CCn1cc(S(=O)(=O)N2CCN(C(=O)Cn3nc(C(F)(F)F)c(Br)c3C)CC2)c(C)n1. The zero-order valence-corrected chi connectivity index (χ0v) is 19.6. The van der Waals surface area contributed by atoms with Gasteiger partial charge in [-0.05, 0) is 36.7 Å². The Kier molecular flexibility index (Phi) is 6.54. The second-order valence-electron chi connectivity index (χ2n) is 7.12. The van der Waals surface area contributed by atoms with Crippen molar-refractivity contribution in [3.05, 3.63) is 27.8 Å². The van der Waals surface area contributed by atoms with Crippen LogP contribution >= 0.6 is 15.9 Å². The van der Waals surface area contributed by atoms with Crippen molar-refractivity contribution in [2.45, 2.75) is 44.9 Å². The number of sulfonamides is 1. The number of hydrogen-bond acceptors (Lipinski definition) is 5. The smallest absolute Gasteiger partial charge is 0.338 e. The van der Waals surface area contributed by atoms with Crippen LogP contribution in [-0.2, 0) is 34.1 Å². The summed E-state index contributed by atoms with van der Waals surface area (Å²) in [7, 11) is -3.75. The zero-order valence-electron chi connectivity index (χ0n) is 17.1. The molecule has 0 saturated carbocycles. The van der Waals surface area contributed by atoms with Crippen LogP contribution in [0.2, 0.25) is 0 Å². The largest absolute Gasteiger partial charge is 0.436 e. The summed E-state index contributed by atoms with van der Waals surface area (Å²) >= 11 is 2.88. The Morgan fingerprint density at radius 2 is 1.77 bits per heavy atom. The van der Waals surface area contributed by atoms with Gasteiger partial charge >= 0.3 is 6.18 Å². The van der Waals surface area contributed by atoms with Crippen LogP contribution in [0.25, 0.3) is 0 Å². The normalized spacial score (nSPS) is 16.2. The number of piperazine rings is 1. The van der Waals surface area contributed by atoms with E-state index in [4.69, 9.17) is 0 Å². The second-order valence-corrected chi connectivity index (χ2v) is 9.82. The number of carbonyl (C=O) groups excluding carboxylic acids is 1. The first-order valence-corrected chi connectivity index (χ1v) is 11.7. The van der Waals surface area contributed by atoms with Crippen molar-refractivity contribution in [2.75, 3.05) is 26.2 Å². The highest BCUT2D eigenvalue weighted by Gasteiger charge is 2.38.